The second kappa shape index (κ2) is 7.01. The first kappa shape index (κ1) is 17.1. The molecule has 0 fully saturated rings. The molecule has 25 heavy (non-hydrogen) atoms. The van der Waals surface area contributed by atoms with Crippen molar-refractivity contribution in [3.63, 3.8) is 0 Å². The van der Waals surface area contributed by atoms with Gasteiger partial charge in [0.25, 0.3) is 0 Å². The van der Waals surface area contributed by atoms with E-state index >= 15 is 0 Å². The Morgan fingerprint density at radius 2 is 2.04 bits per heavy atom. The number of carbonyl (C=O) groups is 1. The molecule has 1 aliphatic heterocycles. The Hall–Kier alpha value is -2.75. The Kier molecular flexibility index (Phi) is 4.79. The highest BCUT2D eigenvalue weighted by Crippen LogP contribution is 2.32. The molecule has 0 bridgehead atoms. The van der Waals surface area contributed by atoms with Crippen molar-refractivity contribution < 1.29 is 19.0 Å². The summed E-state index contributed by atoms with van der Waals surface area (Å²) in [5, 5.41) is 0. The number of allylic oxidation sites excluding steroid dienone is 8. The molecule has 0 spiro atoms. The third kappa shape index (κ3) is 3.53. The average molecular weight is 338 g/mol. The van der Waals surface area contributed by atoms with Crippen LogP contribution in [0.1, 0.15) is 20.8 Å². The Labute approximate surface area is 148 Å². The van der Waals surface area contributed by atoms with Crippen LogP contribution in [-0.4, -0.2) is 19.0 Å². The van der Waals surface area contributed by atoms with Gasteiger partial charge >= 0.3 is 0 Å². The number of fused-ring (bicyclic) bond motifs is 2. The largest absolute Gasteiger partial charge is 0.492 e. The van der Waals surface area contributed by atoms with Gasteiger partial charge in [-0.2, -0.15) is 0 Å². The number of rotatable bonds is 3. The number of hydrogen-bond acceptors (Lipinski definition) is 4. The third-order valence-corrected chi connectivity index (χ3v) is 4.07. The van der Waals surface area contributed by atoms with Gasteiger partial charge in [-0.25, -0.2) is 0 Å². The lowest BCUT2D eigenvalue weighted by molar-refractivity contribution is -0.115. The van der Waals surface area contributed by atoms with Gasteiger partial charge in [0.15, 0.2) is 5.76 Å². The molecule has 0 aromatic rings. The van der Waals surface area contributed by atoms with E-state index in [2.05, 4.69) is 13.8 Å². The molecule has 0 radical (unpaired) electrons. The van der Waals surface area contributed by atoms with Gasteiger partial charge in [-0.15, -0.1) is 0 Å². The van der Waals surface area contributed by atoms with Crippen LogP contribution in [0.3, 0.4) is 0 Å². The fraction of sp³-hybridized carbons (Fsp3) is 0.286. The lowest BCUT2D eigenvalue weighted by Crippen LogP contribution is -2.21. The Balaban J connectivity index is 2.00. The van der Waals surface area contributed by atoms with E-state index in [-0.39, 0.29) is 11.9 Å². The summed E-state index contributed by atoms with van der Waals surface area (Å²) in [5.74, 6) is 0.870. The molecule has 4 heteroatoms. The molecule has 0 aromatic carbocycles. The molecule has 3 aliphatic rings. The molecule has 1 heterocycles. The van der Waals surface area contributed by atoms with Gasteiger partial charge < -0.3 is 14.2 Å². The van der Waals surface area contributed by atoms with Gasteiger partial charge in [-0.3, -0.25) is 4.79 Å². The molecule has 0 aromatic heterocycles. The van der Waals surface area contributed by atoms with Crippen molar-refractivity contribution in [2.45, 2.75) is 26.9 Å². The Morgan fingerprint density at radius 1 is 1.24 bits per heavy atom. The lowest BCUT2D eigenvalue weighted by Gasteiger charge is -2.24. The first-order chi connectivity index (χ1) is 12.0. The van der Waals surface area contributed by atoms with Crippen LogP contribution in [0.15, 0.2) is 82.8 Å². The van der Waals surface area contributed by atoms with Crippen LogP contribution in [0.25, 0.3) is 0 Å². The van der Waals surface area contributed by atoms with Crippen LogP contribution in [0.2, 0.25) is 0 Å². The topological polar surface area (TPSA) is 44.8 Å². The molecule has 1 atom stereocenters. The zero-order valence-electron chi connectivity index (χ0n) is 14.9. The van der Waals surface area contributed by atoms with Crippen molar-refractivity contribution in [2.24, 2.45) is 5.92 Å². The summed E-state index contributed by atoms with van der Waals surface area (Å²) >= 11 is 0. The fourth-order valence-corrected chi connectivity index (χ4v) is 2.70. The second-order valence-electron chi connectivity index (χ2n) is 6.50. The summed E-state index contributed by atoms with van der Waals surface area (Å²) in [4.78, 5) is 12.8. The highest BCUT2D eigenvalue weighted by molar-refractivity contribution is 6.11. The van der Waals surface area contributed by atoms with E-state index in [1.54, 1.807) is 12.3 Å². The zero-order valence-corrected chi connectivity index (χ0v) is 14.9. The van der Waals surface area contributed by atoms with Gasteiger partial charge in [0.2, 0.25) is 5.78 Å². The van der Waals surface area contributed by atoms with Crippen LogP contribution < -0.4 is 0 Å². The first-order valence-electron chi connectivity index (χ1n) is 8.31. The van der Waals surface area contributed by atoms with Gasteiger partial charge in [0, 0.05) is 11.1 Å². The summed E-state index contributed by atoms with van der Waals surface area (Å²) in [6, 6.07) is 0. The summed E-state index contributed by atoms with van der Waals surface area (Å²) in [7, 11) is 1.50. The maximum absolute atomic E-state index is 12.8. The number of methoxy groups -OCH3 is 1. The Bertz CT molecular complexity index is 798. The van der Waals surface area contributed by atoms with Gasteiger partial charge in [0.05, 0.1) is 19.6 Å². The zero-order chi connectivity index (χ0) is 18.0. The van der Waals surface area contributed by atoms with Crippen LogP contribution >= 0.6 is 0 Å². The molecule has 1 unspecified atom stereocenters. The van der Waals surface area contributed by atoms with Crippen molar-refractivity contribution in [3.05, 3.63) is 82.8 Å². The van der Waals surface area contributed by atoms with E-state index in [1.165, 1.54) is 13.4 Å². The fourth-order valence-electron chi connectivity index (χ4n) is 2.70. The maximum Gasteiger partial charge on any atom is 0.235 e. The number of hydrogen-bond donors (Lipinski definition) is 0. The van der Waals surface area contributed by atoms with E-state index in [0.717, 1.165) is 11.1 Å². The number of ether oxygens (including phenoxy) is 3. The molecule has 0 N–H and O–H groups in total. The molecular formula is C21H22O4. The standard InChI is InChI=1S/C21H22O4/c1-13(2)5-7-15-10-19-17(20(22)21(15)23-4)12-25-18-9-14(3)6-8-16(18)11-24-19/h5-13,18H,1-4H3. The van der Waals surface area contributed by atoms with Gasteiger partial charge in [-0.1, -0.05) is 43.7 Å². The van der Waals surface area contributed by atoms with Crippen LogP contribution in [0.4, 0.5) is 0 Å². The quantitative estimate of drug-likeness (QED) is 0.771. The van der Waals surface area contributed by atoms with Crippen molar-refractivity contribution in [3.8, 4) is 0 Å². The predicted molar refractivity (Wildman–Crippen MR) is 96.1 cm³/mol. The highest BCUT2D eigenvalue weighted by Gasteiger charge is 2.30. The first-order valence-corrected chi connectivity index (χ1v) is 8.31. The normalized spacial score (nSPS) is 22.8. The monoisotopic (exact) mass is 338 g/mol. The highest BCUT2D eigenvalue weighted by atomic mass is 16.5. The van der Waals surface area contributed by atoms with Crippen molar-refractivity contribution >= 4 is 5.78 Å². The van der Waals surface area contributed by atoms with E-state index < -0.39 is 0 Å². The molecule has 0 saturated carbocycles. The van der Waals surface area contributed by atoms with Gasteiger partial charge in [-0.05, 0) is 25.0 Å². The SMILES string of the molecule is COC1=C(C=CC(C)C)C=C2OC=C3C=CC(C)=CC3OC=C2C1=O. The summed E-state index contributed by atoms with van der Waals surface area (Å²) < 4.78 is 17.0. The minimum absolute atomic E-state index is 0.243. The smallest absolute Gasteiger partial charge is 0.235 e. The predicted octanol–water partition coefficient (Wildman–Crippen LogP) is 4.27. The molecule has 0 saturated heterocycles. The number of ketones is 1. The number of carbonyl (C=O) groups excluding carboxylic acids is 1. The summed E-state index contributed by atoms with van der Waals surface area (Å²) in [6.07, 6.45) is 14.5. The van der Waals surface area contributed by atoms with E-state index in [9.17, 15) is 4.79 Å². The molecule has 0 amide bonds. The summed E-state index contributed by atoms with van der Waals surface area (Å²) in [6.45, 7) is 6.14. The van der Waals surface area contributed by atoms with Crippen LogP contribution in [0, 0.1) is 5.92 Å². The molecular weight excluding hydrogens is 316 g/mol. The second-order valence-corrected chi connectivity index (χ2v) is 6.50. The van der Waals surface area contributed by atoms with Crippen LogP contribution in [-0.2, 0) is 19.0 Å². The Morgan fingerprint density at radius 3 is 2.76 bits per heavy atom. The molecule has 2 aliphatic carbocycles. The minimum Gasteiger partial charge on any atom is -0.492 e. The lowest BCUT2D eigenvalue weighted by atomic mass is 9.96. The average Bonchev–Trinajstić information content (AvgIpc) is 2.56. The van der Waals surface area contributed by atoms with Crippen molar-refractivity contribution in [1.82, 2.24) is 0 Å². The molecule has 4 nitrogen and oxygen atoms in total. The number of Topliss-reactive ketones (excluding diaryl/α,β-unsaturated/α-hetero) is 1. The van der Waals surface area contributed by atoms with E-state index in [4.69, 9.17) is 14.2 Å². The molecule has 3 rings (SSSR count). The van der Waals surface area contributed by atoms with Gasteiger partial charge in [0.1, 0.15) is 17.4 Å². The van der Waals surface area contributed by atoms with Crippen molar-refractivity contribution in [2.75, 3.05) is 7.11 Å². The maximum atomic E-state index is 12.8. The van der Waals surface area contributed by atoms with E-state index in [1.807, 2.05) is 37.3 Å². The molecule has 130 valence electrons. The van der Waals surface area contributed by atoms with E-state index in [0.29, 0.717) is 28.6 Å². The summed E-state index contributed by atoms with van der Waals surface area (Å²) in [5.41, 5.74) is 3.05. The third-order valence-electron chi connectivity index (χ3n) is 4.07. The van der Waals surface area contributed by atoms with Crippen LogP contribution in [0.5, 0.6) is 0 Å². The minimum atomic E-state index is -0.260. The van der Waals surface area contributed by atoms with Crippen molar-refractivity contribution in [1.29, 1.82) is 0 Å².